The van der Waals surface area contributed by atoms with Gasteiger partial charge in [-0.05, 0) is 60.7 Å². The van der Waals surface area contributed by atoms with Crippen molar-refractivity contribution in [3.8, 4) is 22.8 Å². The van der Waals surface area contributed by atoms with Gasteiger partial charge in [0.1, 0.15) is 5.75 Å². The minimum absolute atomic E-state index is 0.555. The number of benzene rings is 2. The van der Waals surface area contributed by atoms with Gasteiger partial charge < -0.3 is 10.5 Å². The van der Waals surface area contributed by atoms with Gasteiger partial charge in [-0.3, -0.25) is 0 Å². The van der Waals surface area contributed by atoms with Gasteiger partial charge in [0, 0.05) is 6.07 Å². The monoisotopic (exact) mass is 304 g/mol. The number of aromatic nitrogens is 1. The van der Waals surface area contributed by atoms with Crippen molar-refractivity contribution < 1.29 is 4.74 Å². The summed E-state index contributed by atoms with van der Waals surface area (Å²) in [5.41, 5.74) is 12.3. The Labute approximate surface area is 136 Å². The maximum atomic E-state index is 5.85. The van der Waals surface area contributed by atoms with Gasteiger partial charge in [-0.25, -0.2) is 4.98 Å². The van der Waals surface area contributed by atoms with E-state index in [4.69, 9.17) is 10.5 Å². The number of hydrogen-bond donors (Lipinski definition) is 1. The lowest BCUT2D eigenvalue weighted by Gasteiger charge is -2.12. The summed E-state index contributed by atoms with van der Waals surface area (Å²) in [5.74, 6) is 1.33. The highest BCUT2D eigenvalue weighted by Gasteiger charge is 2.07. The van der Waals surface area contributed by atoms with E-state index in [1.54, 1.807) is 6.20 Å². The molecule has 0 radical (unpaired) electrons. The van der Waals surface area contributed by atoms with Crippen molar-refractivity contribution in [2.24, 2.45) is 0 Å². The van der Waals surface area contributed by atoms with Crippen molar-refractivity contribution in [2.45, 2.75) is 20.8 Å². The third-order valence-electron chi connectivity index (χ3n) is 3.98. The average molecular weight is 304 g/mol. The number of aryl methyl sites for hydroxylation is 3. The van der Waals surface area contributed by atoms with Crippen LogP contribution in [0.2, 0.25) is 0 Å². The molecule has 3 aromatic rings. The molecule has 2 aromatic carbocycles. The molecule has 2 N–H and O–H groups in total. The molecule has 3 heteroatoms. The van der Waals surface area contributed by atoms with E-state index < -0.39 is 0 Å². The van der Waals surface area contributed by atoms with E-state index in [1.165, 1.54) is 22.3 Å². The molecular formula is C20H20N2O. The zero-order chi connectivity index (χ0) is 16.4. The molecule has 0 aliphatic rings. The summed E-state index contributed by atoms with van der Waals surface area (Å²) < 4.78 is 5.85. The molecule has 0 atom stereocenters. The summed E-state index contributed by atoms with van der Waals surface area (Å²) in [7, 11) is 0. The topological polar surface area (TPSA) is 48.1 Å². The standard InChI is InChI=1S/C20H20N2O/c1-13-6-4-5-7-17(13)18-9-8-16(10-14(18)2)23-20-11-15(3)19(21)12-22-20/h4-12H,21H2,1-3H3. The molecule has 0 aliphatic carbocycles. The number of rotatable bonds is 3. The van der Waals surface area contributed by atoms with Gasteiger partial charge >= 0.3 is 0 Å². The zero-order valence-electron chi connectivity index (χ0n) is 13.6. The predicted octanol–water partition coefficient (Wildman–Crippen LogP) is 5.05. The van der Waals surface area contributed by atoms with Crippen LogP contribution in [0, 0.1) is 20.8 Å². The maximum absolute atomic E-state index is 5.85. The first-order valence-corrected chi connectivity index (χ1v) is 7.61. The fourth-order valence-corrected chi connectivity index (χ4v) is 2.59. The van der Waals surface area contributed by atoms with Crippen LogP contribution in [-0.4, -0.2) is 4.98 Å². The second kappa shape index (κ2) is 6.13. The molecule has 0 unspecified atom stereocenters. The number of nitrogen functional groups attached to an aromatic ring is 1. The molecule has 23 heavy (non-hydrogen) atoms. The quantitative estimate of drug-likeness (QED) is 0.736. The second-order valence-electron chi connectivity index (χ2n) is 5.77. The van der Waals surface area contributed by atoms with Crippen LogP contribution in [0.5, 0.6) is 11.6 Å². The van der Waals surface area contributed by atoms with E-state index >= 15 is 0 Å². The first-order chi connectivity index (χ1) is 11.0. The van der Waals surface area contributed by atoms with Crippen LogP contribution in [0.3, 0.4) is 0 Å². The van der Waals surface area contributed by atoms with E-state index in [1.807, 2.05) is 25.1 Å². The number of anilines is 1. The fourth-order valence-electron chi connectivity index (χ4n) is 2.59. The zero-order valence-corrected chi connectivity index (χ0v) is 13.6. The van der Waals surface area contributed by atoms with E-state index in [2.05, 4.69) is 49.2 Å². The Kier molecular flexibility index (Phi) is 4.02. The maximum Gasteiger partial charge on any atom is 0.219 e. The highest BCUT2D eigenvalue weighted by Crippen LogP contribution is 2.31. The van der Waals surface area contributed by atoms with Gasteiger partial charge in [0.25, 0.3) is 0 Å². The number of nitrogens with two attached hydrogens (primary N) is 1. The van der Waals surface area contributed by atoms with E-state index in [0.717, 1.165) is 11.3 Å². The Bertz CT molecular complexity index is 856. The number of hydrogen-bond acceptors (Lipinski definition) is 3. The molecule has 1 heterocycles. The molecule has 116 valence electrons. The third-order valence-corrected chi connectivity index (χ3v) is 3.98. The minimum Gasteiger partial charge on any atom is -0.439 e. The van der Waals surface area contributed by atoms with Crippen LogP contribution in [-0.2, 0) is 0 Å². The molecule has 0 spiro atoms. The summed E-state index contributed by atoms with van der Waals surface area (Å²) in [6.07, 6.45) is 1.62. The third kappa shape index (κ3) is 3.19. The van der Waals surface area contributed by atoms with E-state index in [0.29, 0.717) is 11.6 Å². The molecule has 0 bridgehead atoms. The minimum atomic E-state index is 0.555. The van der Waals surface area contributed by atoms with Crippen molar-refractivity contribution in [2.75, 3.05) is 5.73 Å². The van der Waals surface area contributed by atoms with Crippen LogP contribution in [0.15, 0.2) is 54.7 Å². The molecule has 0 saturated carbocycles. The molecule has 0 fully saturated rings. The average Bonchev–Trinajstić information content (AvgIpc) is 2.52. The molecular weight excluding hydrogens is 284 g/mol. The van der Waals surface area contributed by atoms with Gasteiger partial charge in [0.2, 0.25) is 5.88 Å². The van der Waals surface area contributed by atoms with Crippen molar-refractivity contribution in [3.63, 3.8) is 0 Å². The molecule has 0 amide bonds. The smallest absolute Gasteiger partial charge is 0.219 e. The summed E-state index contributed by atoms with van der Waals surface area (Å²) in [6.45, 7) is 6.16. The highest BCUT2D eigenvalue weighted by atomic mass is 16.5. The van der Waals surface area contributed by atoms with Crippen molar-refractivity contribution in [1.29, 1.82) is 0 Å². The van der Waals surface area contributed by atoms with Gasteiger partial charge in [-0.15, -0.1) is 0 Å². The largest absolute Gasteiger partial charge is 0.439 e. The lowest BCUT2D eigenvalue weighted by molar-refractivity contribution is 0.462. The molecule has 3 rings (SSSR count). The van der Waals surface area contributed by atoms with Gasteiger partial charge in [0.15, 0.2) is 0 Å². The summed E-state index contributed by atoms with van der Waals surface area (Å²) in [5, 5.41) is 0. The summed E-state index contributed by atoms with van der Waals surface area (Å²) in [6, 6.07) is 16.3. The van der Waals surface area contributed by atoms with Crippen LogP contribution in [0.4, 0.5) is 5.69 Å². The van der Waals surface area contributed by atoms with Crippen LogP contribution in [0.1, 0.15) is 16.7 Å². The number of nitrogens with zero attached hydrogens (tertiary/aromatic N) is 1. The van der Waals surface area contributed by atoms with Gasteiger partial charge in [-0.1, -0.05) is 30.3 Å². The van der Waals surface area contributed by atoms with Crippen molar-refractivity contribution in [3.05, 3.63) is 71.4 Å². The lowest BCUT2D eigenvalue weighted by Crippen LogP contribution is -1.94. The summed E-state index contributed by atoms with van der Waals surface area (Å²) >= 11 is 0. The number of pyridine rings is 1. The van der Waals surface area contributed by atoms with Crippen LogP contribution >= 0.6 is 0 Å². The van der Waals surface area contributed by atoms with Gasteiger partial charge in [-0.2, -0.15) is 0 Å². The molecule has 0 saturated heterocycles. The highest BCUT2D eigenvalue weighted by molar-refractivity contribution is 5.71. The lowest BCUT2D eigenvalue weighted by atomic mass is 9.97. The first kappa shape index (κ1) is 15.1. The Hall–Kier alpha value is -2.81. The van der Waals surface area contributed by atoms with Crippen LogP contribution < -0.4 is 10.5 Å². The number of ether oxygens (including phenoxy) is 1. The Morgan fingerprint density at radius 3 is 2.26 bits per heavy atom. The Morgan fingerprint density at radius 1 is 0.826 bits per heavy atom. The van der Waals surface area contributed by atoms with Gasteiger partial charge in [0.05, 0.1) is 11.9 Å². The van der Waals surface area contributed by atoms with Crippen LogP contribution in [0.25, 0.3) is 11.1 Å². The first-order valence-electron chi connectivity index (χ1n) is 7.61. The molecule has 1 aromatic heterocycles. The Balaban J connectivity index is 1.90. The fraction of sp³-hybridized carbons (Fsp3) is 0.150. The van der Waals surface area contributed by atoms with Crippen molar-refractivity contribution in [1.82, 2.24) is 4.98 Å². The van der Waals surface area contributed by atoms with E-state index in [9.17, 15) is 0 Å². The normalized spacial score (nSPS) is 10.6. The Morgan fingerprint density at radius 2 is 1.57 bits per heavy atom. The molecule has 3 nitrogen and oxygen atoms in total. The SMILES string of the molecule is Cc1cc(Oc2ccc(-c3ccccc3C)c(C)c2)ncc1N. The molecule has 0 aliphatic heterocycles. The second-order valence-corrected chi connectivity index (χ2v) is 5.77. The van der Waals surface area contributed by atoms with E-state index in [-0.39, 0.29) is 0 Å². The van der Waals surface area contributed by atoms with Crippen molar-refractivity contribution >= 4 is 5.69 Å². The summed E-state index contributed by atoms with van der Waals surface area (Å²) in [4.78, 5) is 4.21. The predicted molar refractivity (Wildman–Crippen MR) is 94.8 cm³/mol.